The van der Waals surface area contributed by atoms with E-state index >= 15 is 0 Å². The largest absolute Gasteiger partial charge is 0.393 e. The average Bonchev–Trinajstić information content (AvgIpc) is 2.57. The summed E-state index contributed by atoms with van der Waals surface area (Å²) < 4.78 is 0. The van der Waals surface area contributed by atoms with E-state index in [9.17, 15) is 5.11 Å². The summed E-state index contributed by atoms with van der Waals surface area (Å²) in [6.07, 6.45) is 10.1. The molecule has 0 spiro atoms. The van der Waals surface area contributed by atoms with Crippen LogP contribution in [-0.2, 0) is 12.8 Å². The monoisotopic (exact) mass is 308 g/mol. The molecule has 0 amide bonds. The quantitative estimate of drug-likeness (QED) is 0.520. The molecule has 0 unspecified atom stereocenters. The fraction of sp³-hybridized carbons (Fsp3) is 0.684. The van der Waals surface area contributed by atoms with Crippen LogP contribution in [0.2, 0.25) is 0 Å². The molecular weight excluding hydrogens is 276 g/mol. The van der Waals surface area contributed by atoms with Gasteiger partial charge in [-0.25, -0.2) is 0 Å². The van der Waals surface area contributed by atoms with Gasteiger partial charge in [0.15, 0.2) is 0 Å². The zero-order valence-corrected chi connectivity index (χ0v) is 13.9. The zero-order valence-electron chi connectivity index (χ0n) is 13.9. The van der Waals surface area contributed by atoms with Crippen LogP contribution in [0.15, 0.2) is 24.3 Å². The summed E-state index contributed by atoms with van der Waals surface area (Å²) in [5.74, 6) is 0. The molecule has 0 aliphatic rings. The molecule has 22 heavy (non-hydrogen) atoms. The first kappa shape index (κ1) is 19.1. The molecule has 1 aromatic rings. The van der Waals surface area contributed by atoms with Gasteiger partial charge in [-0.1, -0.05) is 63.3 Å². The van der Waals surface area contributed by atoms with Gasteiger partial charge < -0.3 is 15.3 Å². The normalized spacial score (nSPS) is 11.8. The van der Waals surface area contributed by atoms with Crippen molar-refractivity contribution in [2.24, 2.45) is 0 Å². The Morgan fingerprint density at radius 2 is 1.27 bits per heavy atom. The van der Waals surface area contributed by atoms with Gasteiger partial charge in [0.2, 0.25) is 0 Å². The standard InChI is InChI=1S/C19H32O3/c1-2-3-4-5-6-7-8-17-9-11-18(12-10-17)13-14-19(22,15-20)16-21/h9-12,20-22H,2-8,13-16H2,1H3. The van der Waals surface area contributed by atoms with Crippen molar-refractivity contribution in [3.63, 3.8) is 0 Å². The van der Waals surface area contributed by atoms with Gasteiger partial charge in [-0.15, -0.1) is 0 Å². The van der Waals surface area contributed by atoms with Crippen molar-refractivity contribution in [1.29, 1.82) is 0 Å². The molecule has 3 heteroatoms. The lowest BCUT2D eigenvalue weighted by atomic mass is 9.95. The third kappa shape index (κ3) is 7.39. The lowest BCUT2D eigenvalue weighted by molar-refractivity contribution is -0.0599. The highest BCUT2D eigenvalue weighted by atomic mass is 16.4. The number of aryl methyl sites for hydroxylation is 2. The van der Waals surface area contributed by atoms with Crippen LogP contribution in [0.5, 0.6) is 0 Å². The molecule has 0 aliphatic carbocycles. The Hall–Kier alpha value is -0.900. The molecule has 1 aromatic carbocycles. The first-order valence-electron chi connectivity index (χ1n) is 8.65. The number of aliphatic hydroxyl groups excluding tert-OH is 2. The highest BCUT2D eigenvalue weighted by Crippen LogP contribution is 2.16. The maximum absolute atomic E-state index is 9.85. The highest BCUT2D eigenvalue weighted by Gasteiger charge is 2.24. The summed E-state index contributed by atoms with van der Waals surface area (Å²) in [5, 5.41) is 28.0. The van der Waals surface area contributed by atoms with Crippen LogP contribution in [0.25, 0.3) is 0 Å². The third-order valence-electron chi connectivity index (χ3n) is 4.31. The molecule has 126 valence electrons. The van der Waals surface area contributed by atoms with E-state index in [4.69, 9.17) is 10.2 Å². The van der Waals surface area contributed by atoms with Gasteiger partial charge in [-0.05, 0) is 36.8 Å². The molecular formula is C19H32O3. The lowest BCUT2D eigenvalue weighted by Crippen LogP contribution is -2.37. The van der Waals surface area contributed by atoms with Crippen molar-refractivity contribution in [2.75, 3.05) is 13.2 Å². The minimum absolute atomic E-state index is 0.372. The molecule has 0 saturated heterocycles. The van der Waals surface area contributed by atoms with E-state index in [2.05, 4.69) is 31.2 Å². The lowest BCUT2D eigenvalue weighted by Gasteiger charge is -2.22. The Morgan fingerprint density at radius 1 is 0.773 bits per heavy atom. The summed E-state index contributed by atoms with van der Waals surface area (Å²) >= 11 is 0. The van der Waals surface area contributed by atoms with Crippen LogP contribution in [0.3, 0.4) is 0 Å². The van der Waals surface area contributed by atoms with Gasteiger partial charge >= 0.3 is 0 Å². The fourth-order valence-electron chi connectivity index (χ4n) is 2.57. The number of unbranched alkanes of at least 4 members (excludes halogenated alkanes) is 5. The Kier molecular flexibility index (Phi) is 9.37. The van der Waals surface area contributed by atoms with E-state index in [-0.39, 0.29) is 0 Å². The SMILES string of the molecule is CCCCCCCCc1ccc(CCC(O)(CO)CO)cc1. The predicted octanol–water partition coefficient (Wildman–Crippen LogP) is 3.24. The Labute approximate surface area is 135 Å². The van der Waals surface area contributed by atoms with E-state index in [1.807, 2.05) is 0 Å². The van der Waals surface area contributed by atoms with E-state index in [0.717, 1.165) is 12.0 Å². The van der Waals surface area contributed by atoms with Crippen LogP contribution in [0.4, 0.5) is 0 Å². The Morgan fingerprint density at radius 3 is 1.82 bits per heavy atom. The van der Waals surface area contributed by atoms with Crippen LogP contribution in [0.1, 0.15) is 63.0 Å². The molecule has 1 rings (SSSR count). The van der Waals surface area contributed by atoms with Gasteiger partial charge in [0.25, 0.3) is 0 Å². The van der Waals surface area contributed by atoms with Gasteiger partial charge in [-0.2, -0.15) is 0 Å². The first-order chi connectivity index (χ1) is 10.6. The average molecular weight is 308 g/mol. The van der Waals surface area contributed by atoms with Crippen molar-refractivity contribution in [3.8, 4) is 0 Å². The van der Waals surface area contributed by atoms with Crippen LogP contribution in [0, 0.1) is 0 Å². The number of rotatable bonds is 12. The van der Waals surface area contributed by atoms with Crippen molar-refractivity contribution < 1.29 is 15.3 Å². The molecule has 3 nitrogen and oxygen atoms in total. The van der Waals surface area contributed by atoms with E-state index < -0.39 is 18.8 Å². The third-order valence-corrected chi connectivity index (χ3v) is 4.31. The van der Waals surface area contributed by atoms with Gasteiger partial charge in [-0.3, -0.25) is 0 Å². The minimum atomic E-state index is -1.36. The van der Waals surface area contributed by atoms with Gasteiger partial charge in [0.05, 0.1) is 13.2 Å². The summed E-state index contributed by atoms with van der Waals surface area (Å²) in [7, 11) is 0. The molecule has 0 heterocycles. The Balaban J connectivity index is 2.28. The van der Waals surface area contributed by atoms with E-state index in [1.54, 1.807) is 0 Å². The van der Waals surface area contributed by atoms with Crippen molar-refractivity contribution in [3.05, 3.63) is 35.4 Å². The second-order valence-corrected chi connectivity index (χ2v) is 6.37. The number of hydrogen-bond donors (Lipinski definition) is 3. The maximum Gasteiger partial charge on any atom is 0.111 e. The summed E-state index contributed by atoms with van der Waals surface area (Å²) in [5.41, 5.74) is 1.13. The molecule has 0 fully saturated rings. The maximum atomic E-state index is 9.85. The fourth-order valence-corrected chi connectivity index (χ4v) is 2.57. The number of hydrogen-bond acceptors (Lipinski definition) is 3. The smallest absolute Gasteiger partial charge is 0.111 e. The molecule has 0 aliphatic heterocycles. The van der Waals surface area contributed by atoms with Gasteiger partial charge in [0.1, 0.15) is 5.60 Å². The highest BCUT2D eigenvalue weighted by molar-refractivity contribution is 5.23. The summed E-state index contributed by atoms with van der Waals surface area (Å²) in [6.45, 7) is 1.43. The minimum Gasteiger partial charge on any atom is -0.393 e. The van der Waals surface area contributed by atoms with Crippen molar-refractivity contribution in [2.45, 2.75) is 70.3 Å². The van der Waals surface area contributed by atoms with Gasteiger partial charge in [0, 0.05) is 0 Å². The second kappa shape index (κ2) is 10.8. The molecule has 0 bridgehead atoms. The first-order valence-corrected chi connectivity index (χ1v) is 8.65. The number of benzene rings is 1. The van der Waals surface area contributed by atoms with Crippen LogP contribution < -0.4 is 0 Å². The Bertz CT molecular complexity index is 382. The van der Waals surface area contributed by atoms with E-state index in [0.29, 0.717) is 12.8 Å². The van der Waals surface area contributed by atoms with Crippen LogP contribution >= 0.6 is 0 Å². The summed E-state index contributed by atoms with van der Waals surface area (Å²) in [4.78, 5) is 0. The van der Waals surface area contributed by atoms with E-state index in [1.165, 1.54) is 44.1 Å². The van der Waals surface area contributed by atoms with Crippen molar-refractivity contribution in [1.82, 2.24) is 0 Å². The molecule has 0 saturated carbocycles. The molecule has 0 aromatic heterocycles. The topological polar surface area (TPSA) is 60.7 Å². The molecule has 0 radical (unpaired) electrons. The summed E-state index contributed by atoms with van der Waals surface area (Å²) in [6, 6.07) is 8.47. The van der Waals surface area contributed by atoms with Crippen molar-refractivity contribution >= 4 is 0 Å². The predicted molar refractivity (Wildman–Crippen MR) is 91.0 cm³/mol. The second-order valence-electron chi connectivity index (χ2n) is 6.37. The zero-order chi connectivity index (χ0) is 16.3. The molecule has 3 N–H and O–H groups in total. The number of aliphatic hydroxyl groups is 3. The molecule has 0 atom stereocenters. The van der Waals surface area contributed by atoms with Crippen LogP contribution in [-0.4, -0.2) is 34.1 Å².